The fourth-order valence-corrected chi connectivity index (χ4v) is 3.72. The highest BCUT2D eigenvalue weighted by molar-refractivity contribution is 8.00. The summed E-state index contributed by atoms with van der Waals surface area (Å²) in [6.45, 7) is 3.49. The van der Waals surface area contributed by atoms with E-state index in [2.05, 4.69) is 6.92 Å². The van der Waals surface area contributed by atoms with Crippen LogP contribution >= 0.6 is 11.8 Å². The van der Waals surface area contributed by atoms with Crippen LogP contribution in [0.25, 0.3) is 0 Å². The van der Waals surface area contributed by atoms with Crippen LogP contribution in [-0.4, -0.2) is 36.0 Å². The monoisotopic (exact) mass is 231 g/mol. The van der Waals surface area contributed by atoms with E-state index in [1.165, 1.54) is 25.0 Å². The lowest BCUT2D eigenvalue weighted by Crippen LogP contribution is -2.40. The van der Waals surface area contributed by atoms with Gasteiger partial charge in [0.25, 0.3) is 0 Å². The molecule has 2 aliphatic rings. The van der Waals surface area contributed by atoms with Gasteiger partial charge in [0, 0.05) is 0 Å². The lowest BCUT2D eigenvalue weighted by molar-refractivity contribution is -0.155. The van der Waals surface area contributed by atoms with Crippen molar-refractivity contribution in [2.75, 3.05) is 18.9 Å². The Balaban J connectivity index is 1.89. The summed E-state index contributed by atoms with van der Waals surface area (Å²) in [6.07, 6.45) is 4.98. The van der Waals surface area contributed by atoms with Crippen LogP contribution in [0.1, 0.15) is 32.6 Å². The van der Waals surface area contributed by atoms with Gasteiger partial charge in [-0.15, -0.1) is 0 Å². The van der Waals surface area contributed by atoms with Crippen molar-refractivity contribution in [1.82, 2.24) is 0 Å². The molecule has 0 spiro atoms. The molecule has 88 valence electrons. The second-order valence-corrected chi connectivity index (χ2v) is 5.81. The fourth-order valence-electron chi connectivity index (χ4n) is 2.31. The molecular weight excluding hydrogens is 210 g/mol. The Morgan fingerprint density at radius 3 is 3.00 bits per heavy atom. The number of hydrogen-bond acceptors (Lipinski definition) is 4. The van der Waals surface area contributed by atoms with Gasteiger partial charge in [0.2, 0.25) is 0 Å². The van der Waals surface area contributed by atoms with E-state index in [0.717, 1.165) is 6.42 Å². The van der Waals surface area contributed by atoms with Gasteiger partial charge in [0.05, 0.1) is 18.0 Å². The number of hydrogen-bond donors (Lipinski definition) is 1. The molecule has 15 heavy (non-hydrogen) atoms. The average molecular weight is 231 g/mol. The highest BCUT2D eigenvalue weighted by Gasteiger charge is 2.44. The van der Waals surface area contributed by atoms with Crippen molar-refractivity contribution < 1.29 is 9.47 Å². The maximum Gasteiger partial charge on any atom is 0.177 e. The van der Waals surface area contributed by atoms with E-state index in [-0.39, 0.29) is 11.9 Å². The minimum atomic E-state index is -0.356. The summed E-state index contributed by atoms with van der Waals surface area (Å²) in [5.74, 6) is 0.888. The van der Waals surface area contributed by atoms with E-state index in [1.807, 2.05) is 11.8 Å². The predicted molar refractivity (Wildman–Crippen MR) is 63.0 cm³/mol. The fraction of sp³-hybridized carbons (Fsp3) is 1.00. The van der Waals surface area contributed by atoms with Gasteiger partial charge in [-0.3, -0.25) is 0 Å². The van der Waals surface area contributed by atoms with Crippen molar-refractivity contribution in [2.24, 2.45) is 5.73 Å². The first kappa shape index (κ1) is 11.7. The van der Waals surface area contributed by atoms with Gasteiger partial charge in [0.1, 0.15) is 0 Å². The van der Waals surface area contributed by atoms with Crippen LogP contribution in [0.2, 0.25) is 0 Å². The first-order valence-corrected chi connectivity index (χ1v) is 6.93. The van der Waals surface area contributed by atoms with E-state index >= 15 is 0 Å². The van der Waals surface area contributed by atoms with Gasteiger partial charge in [-0.05, 0) is 38.5 Å². The molecule has 0 saturated carbocycles. The molecule has 0 aromatic carbocycles. The van der Waals surface area contributed by atoms with Crippen molar-refractivity contribution >= 4 is 11.8 Å². The summed E-state index contributed by atoms with van der Waals surface area (Å²) >= 11 is 2.00. The van der Waals surface area contributed by atoms with Gasteiger partial charge in [-0.25, -0.2) is 0 Å². The molecule has 2 saturated heterocycles. The van der Waals surface area contributed by atoms with Crippen LogP contribution in [-0.2, 0) is 9.47 Å². The van der Waals surface area contributed by atoms with Crippen molar-refractivity contribution in [3.05, 3.63) is 0 Å². The van der Waals surface area contributed by atoms with Gasteiger partial charge < -0.3 is 15.2 Å². The molecule has 0 radical (unpaired) electrons. The Hall–Kier alpha value is 0.230. The van der Waals surface area contributed by atoms with Crippen LogP contribution in [0, 0.1) is 0 Å². The number of thioether (sulfide) groups is 1. The largest absolute Gasteiger partial charge is 0.346 e. The molecule has 0 aromatic rings. The molecular formula is C11H21NO2S. The van der Waals surface area contributed by atoms with Crippen molar-refractivity contribution in [2.45, 2.75) is 49.7 Å². The Labute approximate surface area is 96.1 Å². The minimum absolute atomic E-state index is 0.211. The standard InChI is InChI=1S/C11H21NO2S/c1-11(10-4-2-3-7-15-10)13-8-9(14-11)5-6-12/h9-10H,2-8,12H2,1H3. The maximum absolute atomic E-state index is 6.01. The first-order valence-electron chi connectivity index (χ1n) is 5.88. The van der Waals surface area contributed by atoms with E-state index in [1.54, 1.807) is 0 Å². The topological polar surface area (TPSA) is 44.5 Å². The third-order valence-corrected chi connectivity index (χ3v) is 4.80. The molecule has 0 bridgehead atoms. The van der Waals surface area contributed by atoms with Crippen LogP contribution in [0.15, 0.2) is 0 Å². The number of rotatable bonds is 3. The Morgan fingerprint density at radius 1 is 1.47 bits per heavy atom. The molecule has 0 aromatic heterocycles. The summed E-state index contributed by atoms with van der Waals surface area (Å²) in [6, 6.07) is 0. The average Bonchev–Trinajstić information content (AvgIpc) is 2.64. The summed E-state index contributed by atoms with van der Waals surface area (Å²) in [5.41, 5.74) is 5.53. The molecule has 2 aliphatic heterocycles. The molecule has 2 N–H and O–H groups in total. The summed E-state index contributed by atoms with van der Waals surface area (Å²) in [4.78, 5) is 0. The zero-order valence-electron chi connectivity index (χ0n) is 9.41. The highest BCUT2D eigenvalue weighted by Crippen LogP contribution is 2.39. The summed E-state index contributed by atoms with van der Waals surface area (Å²) in [5, 5.41) is 0.508. The molecule has 2 heterocycles. The van der Waals surface area contributed by atoms with Crippen LogP contribution in [0.5, 0.6) is 0 Å². The van der Waals surface area contributed by atoms with Crippen LogP contribution in [0.4, 0.5) is 0 Å². The van der Waals surface area contributed by atoms with Crippen molar-refractivity contribution in [3.63, 3.8) is 0 Å². The summed E-state index contributed by atoms with van der Waals surface area (Å²) < 4.78 is 11.9. The molecule has 0 aliphatic carbocycles. The first-order chi connectivity index (χ1) is 7.24. The highest BCUT2D eigenvalue weighted by atomic mass is 32.2. The van der Waals surface area contributed by atoms with Gasteiger partial charge in [-0.1, -0.05) is 6.42 Å². The molecule has 3 unspecified atom stereocenters. The number of nitrogens with two attached hydrogens (primary N) is 1. The molecule has 0 amide bonds. The SMILES string of the molecule is CC1(C2CCCCS2)OCC(CCN)O1. The Morgan fingerprint density at radius 2 is 2.33 bits per heavy atom. The zero-order chi connectivity index (χ0) is 10.7. The second kappa shape index (κ2) is 5.04. The van der Waals surface area contributed by atoms with Crippen molar-refractivity contribution in [3.8, 4) is 0 Å². The van der Waals surface area contributed by atoms with Crippen LogP contribution in [0.3, 0.4) is 0 Å². The lowest BCUT2D eigenvalue weighted by Gasteiger charge is -2.34. The predicted octanol–water partition coefficient (Wildman–Crippen LogP) is 1.75. The number of ether oxygens (including phenoxy) is 2. The quantitative estimate of drug-likeness (QED) is 0.804. The Bertz CT molecular complexity index is 209. The minimum Gasteiger partial charge on any atom is -0.346 e. The van der Waals surface area contributed by atoms with E-state index in [0.29, 0.717) is 18.4 Å². The van der Waals surface area contributed by atoms with E-state index < -0.39 is 0 Å². The van der Waals surface area contributed by atoms with E-state index in [4.69, 9.17) is 15.2 Å². The van der Waals surface area contributed by atoms with Crippen molar-refractivity contribution in [1.29, 1.82) is 0 Å². The smallest absolute Gasteiger partial charge is 0.177 e. The third kappa shape index (κ3) is 2.67. The maximum atomic E-state index is 6.01. The van der Waals surface area contributed by atoms with E-state index in [9.17, 15) is 0 Å². The molecule has 4 heteroatoms. The molecule has 2 rings (SSSR count). The van der Waals surface area contributed by atoms with Gasteiger partial charge >= 0.3 is 0 Å². The molecule has 2 fully saturated rings. The van der Waals surface area contributed by atoms with Crippen LogP contribution < -0.4 is 5.73 Å². The Kier molecular flexibility index (Phi) is 3.93. The second-order valence-electron chi connectivity index (χ2n) is 4.50. The zero-order valence-corrected chi connectivity index (χ0v) is 10.2. The van der Waals surface area contributed by atoms with Gasteiger partial charge in [-0.2, -0.15) is 11.8 Å². The van der Waals surface area contributed by atoms with Gasteiger partial charge in [0.15, 0.2) is 5.79 Å². The molecule has 3 atom stereocenters. The lowest BCUT2D eigenvalue weighted by atomic mass is 10.1. The normalized spacial score (nSPS) is 42.0. The third-order valence-electron chi connectivity index (χ3n) is 3.21. The summed E-state index contributed by atoms with van der Waals surface area (Å²) in [7, 11) is 0. The molecule has 3 nitrogen and oxygen atoms in total.